The minimum absolute atomic E-state index is 0.106. The van der Waals surface area contributed by atoms with Gasteiger partial charge in [0.15, 0.2) is 0 Å². The summed E-state index contributed by atoms with van der Waals surface area (Å²) in [5, 5.41) is 31.7. The highest BCUT2D eigenvalue weighted by atomic mass is 16.6. The molecule has 0 radical (unpaired) electrons. The van der Waals surface area contributed by atoms with E-state index >= 15 is 0 Å². The van der Waals surface area contributed by atoms with E-state index in [1.807, 2.05) is 6.92 Å². The van der Waals surface area contributed by atoms with Crippen molar-refractivity contribution in [2.75, 3.05) is 18.5 Å². The van der Waals surface area contributed by atoms with Gasteiger partial charge in [-0.15, -0.1) is 0 Å². The van der Waals surface area contributed by atoms with Gasteiger partial charge in [-0.05, 0) is 12.5 Å². The summed E-state index contributed by atoms with van der Waals surface area (Å²) >= 11 is 0. The van der Waals surface area contributed by atoms with E-state index in [2.05, 4.69) is 10.3 Å². The van der Waals surface area contributed by atoms with E-state index in [0.29, 0.717) is 12.2 Å². The van der Waals surface area contributed by atoms with Gasteiger partial charge < -0.3 is 15.5 Å². The Labute approximate surface area is 98.3 Å². The van der Waals surface area contributed by atoms with Crippen molar-refractivity contribution in [3.8, 4) is 0 Å². The molecule has 0 saturated carbocycles. The molecular weight excluding hydrogens is 226 g/mol. The van der Waals surface area contributed by atoms with E-state index in [4.69, 9.17) is 0 Å². The first-order valence-electron chi connectivity index (χ1n) is 5.17. The number of pyridine rings is 1. The Morgan fingerprint density at radius 1 is 1.47 bits per heavy atom. The standard InChI is InChI=1S/C10H15N3O4/c1-2-10(6-14,7-15)12-9-4-3-8(5-11-9)13(16)17/h3-5,14-15H,2,6-7H2,1H3,(H,11,12). The van der Waals surface area contributed by atoms with Crippen molar-refractivity contribution in [1.82, 2.24) is 4.98 Å². The molecule has 3 N–H and O–H groups in total. The van der Waals surface area contributed by atoms with Crippen LogP contribution >= 0.6 is 0 Å². The molecule has 0 bridgehead atoms. The summed E-state index contributed by atoms with van der Waals surface area (Å²) in [7, 11) is 0. The van der Waals surface area contributed by atoms with E-state index in [9.17, 15) is 20.3 Å². The van der Waals surface area contributed by atoms with Crippen LogP contribution in [-0.2, 0) is 0 Å². The highest BCUT2D eigenvalue weighted by Gasteiger charge is 2.26. The molecule has 0 fully saturated rings. The largest absolute Gasteiger partial charge is 0.394 e. The van der Waals surface area contributed by atoms with Crippen molar-refractivity contribution in [3.63, 3.8) is 0 Å². The van der Waals surface area contributed by atoms with E-state index in [1.165, 1.54) is 12.1 Å². The van der Waals surface area contributed by atoms with Gasteiger partial charge in [-0.25, -0.2) is 4.98 Å². The number of anilines is 1. The monoisotopic (exact) mass is 241 g/mol. The summed E-state index contributed by atoms with van der Waals surface area (Å²) in [5.74, 6) is 0.376. The fourth-order valence-corrected chi connectivity index (χ4v) is 1.28. The molecule has 1 heterocycles. The van der Waals surface area contributed by atoms with Crippen molar-refractivity contribution in [2.45, 2.75) is 18.9 Å². The fraction of sp³-hybridized carbons (Fsp3) is 0.500. The average Bonchev–Trinajstić information content (AvgIpc) is 2.37. The van der Waals surface area contributed by atoms with Crippen LogP contribution in [0.5, 0.6) is 0 Å². The molecule has 0 amide bonds. The van der Waals surface area contributed by atoms with Crippen LogP contribution in [0, 0.1) is 10.1 Å². The molecule has 1 aromatic rings. The first-order valence-corrected chi connectivity index (χ1v) is 5.17. The number of hydrogen-bond donors (Lipinski definition) is 3. The molecule has 0 atom stereocenters. The Bertz CT molecular complexity index is 367. The second-order valence-electron chi connectivity index (χ2n) is 3.73. The van der Waals surface area contributed by atoms with Crippen molar-refractivity contribution in [1.29, 1.82) is 0 Å². The van der Waals surface area contributed by atoms with Crippen LogP contribution in [0.4, 0.5) is 11.5 Å². The smallest absolute Gasteiger partial charge is 0.287 e. The zero-order valence-electron chi connectivity index (χ0n) is 9.46. The summed E-state index contributed by atoms with van der Waals surface area (Å²) in [4.78, 5) is 13.7. The summed E-state index contributed by atoms with van der Waals surface area (Å²) in [5.41, 5.74) is -0.964. The van der Waals surface area contributed by atoms with Crippen LogP contribution in [-0.4, -0.2) is 38.9 Å². The number of hydrogen-bond acceptors (Lipinski definition) is 6. The van der Waals surface area contributed by atoms with Gasteiger partial charge in [0.2, 0.25) is 0 Å². The molecule has 7 heteroatoms. The van der Waals surface area contributed by atoms with Gasteiger partial charge in [0, 0.05) is 6.07 Å². The average molecular weight is 241 g/mol. The maximum Gasteiger partial charge on any atom is 0.287 e. The van der Waals surface area contributed by atoms with Gasteiger partial charge >= 0.3 is 0 Å². The summed E-state index contributed by atoms with van der Waals surface area (Å²) in [6.07, 6.45) is 1.62. The zero-order chi connectivity index (χ0) is 12.9. The molecule has 1 aromatic heterocycles. The van der Waals surface area contributed by atoms with E-state index in [1.54, 1.807) is 0 Å². The zero-order valence-corrected chi connectivity index (χ0v) is 9.46. The summed E-state index contributed by atoms with van der Waals surface area (Å²) < 4.78 is 0. The van der Waals surface area contributed by atoms with Crippen molar-refractivity contribution >= 4 is 11.5 Å². The minimum Gasteiger partial charge on any atom is -0.394 e. The van der Waals surface area contributed by atoms with Crippen LogP contribution in [0.1, 0.15) is 13.3 Å². The molecule has 7 nitrogen and oxygen atoms in total. The van der Waals surface area contributed by atoms with Gasteiger partial charge in [0.25, 0.3) is 5.69 Å². The number of aliphatic hydroxyl groups is 2. The third-order valence-corrected chi connectivity index (χ3v) is 2.63. The van der Waals surface area contributed by atoms with Crippen molar-refractivity contribution in [3.05, 3.63) is 28.4 Å². The molecule has 0 saturated heterocycles. The Morgan fingerprint density at radius 2 is 2.12 bits per heavy atom. The van der Waals surface area contributed by atoms with Gasteiger partial charge in [-0.2, -0.15) is 0 Å². The summed E-state index contributed by atoms with van der Waals surface area (Å²) in [6.45, 7) is 1.31. The number of aromatic nitrogens is 1. The predicted octanol–water partition coefficient (Wildman–Crippen LogP) is 0.535. The third kappa shape index (κ3) is 3.11. The molecule has 0 unspecified atom stereocenters. The van der Waals surface area contributed by atoms with Crippen molar-refractivity contribution < 1.29 is 15.1 Å². The number of nitrogens with one attached hydrogen (secondary N) is 1. The maximum atomic E-state index is 10.4. The minimum atomic E-state index is -0.858. The van der Waals surface area contributed by atoms with Crippen LogP contribution < -0.4 is 5.32 Å². The molecule has 94 valence electrons. The van der Waals surface area contributed by atoms with E-state index in [0.717, 1.165) is 6.20 Å². The lowest BCUT2D eigenvalue weighted by molar-refractivity contribution is -0.385. The first-order chi connectivity index (χ1) is 8.06. The maximum absolute atomic E-state index is 10.4. The molecule has 0 spiro atoms. The molecular formula is C10H15N3O4. The first kappa shape index (κ1) is 13.3. The fourth-order valence-electron chi connectivity index (χ4n) is 1.28. The van der Waals surface area contributed by atoms with Gasteiger partial charge in [-0.1, -0.05) is 6.92 Å². The summed E-state index contributed by atoms with van der Waals surface area (Å²) in [6, 6.07) is 2.75. The molecule has 1 rings (SSSR count). The van der Waals surface area contributed by atoms with Crippen LogP contribution in [0.3, 0.4) is 0 Å². The van der Waals surface area contributed by atoms with Crippen molar-refractivity contribution in [2.24, 2.45) is 0 Å². The second-order valence-corrected chi connectivity index (χ2v) is 3.73. The Kier molecular flexibility index (Phi) is 4.36. The lowest BCUT2D eigenvalue weighted by Gasteiger charge is -2.30. The van der Waals surface area contributed by atoms with Gasteiger partial charge in [0.05, 0.1) is 23.7 Å². The lowest BCUT2D eigenvalue weighted by atomic mass is 9.98. The molecule has 0 aromatic carbocycles. The third-order valence-electron chi connectivity index (χ3n) is 2.63. The second kappa shape index (κ2) is 5.55. The van der Waals surface area contributed by atoms with Crippen LogP contribution in [0.2, 0.25) is 0 Å². The SMILES string of the molecule is CCC(CO)(CO)Nc1ccc([N+](=O)[O-])cn1. The Balaban J connectivity index is 2.84. The highest BCUT2D eigenvalue weighted by molar-refractivity contribution is 5.42. The topological polar surface area (TPSA) is 109 Å². The highest BCUT2D eigenvalue weighted by Crippen LogP contribution is 2.18. The van der Waals surface area contributed by atoms with Crippen LogP contribution in [0.25, 0.3) is 0 Å². The van der Waals surface area contributed by atoms with Gasteiger partial charge in [-0.3, -0.25) is 10.1 Å². The van der Waals surface area contributed by atoms with Crippen LogP contribution in [0.15, 0.2) is 18.3 Å². The molecule has 0 aliphatic rings. The van der Waals surface area contributed by atoms with E-state index < -0.39 is 10.5 Å². The predicted molar refractivity (Wildman–Crippen MR) is 61.7 cm³/mol. The lowest BCUT2D eigenvalue weighted by Crippen LogP contribution is -2.45. The Morgan fingerprint density at radius 3 is 2.47 bits per heavy atom. The molecule has 0 aliphatic carbocycles. The van der Waals surface area contributed by atoms with Gasteiger partial charge in [0.1, 0.15) is 12.0 Å². The normalized spacial score (nSPS) is 11.2. The number of nitro groups is 1. The molecule has 17 heavy (non-hydrogen) atoms. The van der Waals surface area contributed by atoms with E-state index in [-0.39, 0.29) is 18.9 Å². The number of rotatable bonds is 6. The number of nitrogens with zero attached hydrogens (tertiary/aromatic N) is 2. The Hall–Kier alpha value is -1.73. The number of aliphatic hydroxyl groups excluding tert-OH is 2. The molecule has 0 aliphatic heterocycles. The quantitative estimate of drug-likeness (QED) is 0.495.